The van der Waals surface area contributed by atoms with Gasteiger partial charge in [-0.3, -0.25) is 4.79 Å². The number of hydrogen-bond acceptors (Lipinski definition) is 3. The highest BCUT2D eigenvalue weighted by atomic mass is 16.6. The molecule has 1 heterocycles. The van der Waals surface area contributed by atoms with E-state index in [9.17, 15) is 4.79 Å². The van der Waals surface area contributed by atoms with Crippen LogP contribution >= 0.6 is 0 Å². The summed E-state index contributed by atoms with van der Waals surface area (Å²) < 4.78 is 11.0. The van der Waals surface area contributed by atoms with E-state index < -0.39 is 0 Å². The lowest BCUT2D eigenvalue weighted by Crippen LogP contribution is -2.16. The number of fused-ring (bicyclic) bond motifs is 2. The zero-order chi connectivity index (χ0) is 17.1. The quantitative estimate of drug-likeness (QED) is 0.729. The van der Waals surface area contributed by atoms with Gasteiger partial charge >= 0.3 is 0 Å². The summed E-state index contributed by atoms with van der Waals surface area (Å²) in [4.78, 5) is 12.2. The second-order valence-corrected chi connectivity index (χ2v) is 5.75. The average Bonchev–Trinajstić information content (AvgIpc) is 2.66. The first kappa shape index (κ1) is 15.3. The van der Waals surface area contributed by atoms with Crippen molar-refractivity contribution in [2.24, 2.45) is 0 Å². The molecule has 1 amide bonds. The van der Waals surface area contributed by atoms with Crippen LogP contribution in [0.4, 0.5) is 5.69 Å². The van der Waals surface area contributed by atoms with Crippen molar-refractivity contribution in [2.75, 3.05) is 18.5 Å². The summed E-state index contributed by atoms with van der Waals surface area (Å²) in [6.07, 6.45) is 3.37. The summed E-state index contributed by atoms with van der Waals surface area (Å²) in [6, 6.07) is 19.5. The Morgan fingerprint density at radius 2 is 1.72 bits per heavy atom. The molecule has 124 valence electrons. The van der Waals surface area contributed by atoms with Crippen LogP contribution in [-0.4, -0.2) is 19.1 Å². The van der Waals surface area contributed by atoms with Crippen molar-refractivity contribution in [3.8, 4) is 11.5 Å². The van der Waals surface area contributed by atoms with Crippen LogP contribution in [-0.2, 0) is 4.79 Å². The maximum atomic E-state index is 12.2. The highest BCUT2D eigenvalue weighted by Gasteiger charge is 2.12. The number of nitrogens with one attached hydrogen (secondary N) is 1. The van der Waals surface area contributed by atoms with Crippen LogP contribution in [0, 0.1) is 0 Å². The largest absolute Gasteiger partial charge is 0.486 e. The Morgan fingerprint density at radius 3 is 2.64 bits per heavy atom. The van der Waals surface area contributed by atoms with E-state index in [0.29, 0.717) is 30.4 Å². The van der Waals surface area contributed by atoms with E-state index in [1.165, 1.54) is 0 Å². The van der Waals surface area contributed by atoms with Crippen molar-refractivity contribution in [1.29, 1.82) is 0 Å². The fraction of sp³-hybridized carbons (Fsp3) is 0.0952. The van der Waals surface area contributed by atoms with Gasteiger partial charge in [0.25, 0.3) is 0 Å². The number of carbonyl (C=O) groups is 1. The third-order valence-electron chi connectivity index (χ3n) is 4.05. The van der Waals surface area contributed by atoms with E-state index in [2.05, 4.69) is 17.4 Å². The molecule has 1 N–H and O–H groups in total. The summed E-state index contributed by atoms with van der Waals surface area (Å²) in [5.41, 5.74) is 1.69. The summed E-state index contributed by atoms with van der Waals surface area (Å²) >= 11 is 0. The number of ether oxygens (including phenoxy) is 2. The third-order valence-corrected chi connectivity index (χ3v) is 4.05. The van der Waals surface area contributed by atoms with Gasteiger partial charge in [-0.2, -0.15) is 0 Å². The lowest BCUT2D eigenvalue weighted by Gasteiger charge is -2.18. The first-order chi connectivity index (χ1) is 12.3. The first-order valence-electron chi connectivity index (χ1n) is 8.16. The van der Waals surface area contributed by atoms with Gasteiger partial charge in [0.1, 0.15) is 13.2 Å². The number of amides is 1. The molecule has 3 aromatic rings. The number of hydrogen-bond donors (Lipinski definition) is 1. The Balaban J connectivity index is 1.51. The molecular weight excluding hydrogens is 314 g/mol. The molecule has 4 rings (SSSR count). The van der Waals surface area contributed by atoms with Crippen molar-refractivity contribution in [2.45, 2.75) is 0 Å². The van der Waals surface area contributed by atoms with E-state index in [-0.39, 0.29) is 5.91 Å². The number of benzene rings is 3. The molecule has 0 fully saturated rings. The zero-order valence-corrected chi connectivity index (χ0v) is 13.6. The molecule has 4 heteroatoms. The van der Waals surface area contributed by atoms with Crippen LogP contribution in [0.25, 0.3) is 16.8 Å². The van der Waals surface area contributed by atoms with Crippen LogP contribution in [0.1, 0.15) is 5.56 Å². The summed E-state index contributed by atoms with van der Waals surface area (Å²) in [6.45, 7) is 1.07. The van der Waals surface area contributed by atoms with Gasteiger partial charge < -0.3 is 14.8 Å². The molecule has 3 aromatic carbocycles. The minimum absolute atomic E-state index is 0.190. The van der Waals surface area contributed by atoms with Crippen molar-refractivity contribution in [3.63, 3.8) is 0 Å². The zero-order valence-electron chi connectivity index (χ0n) is 13.6. The molecule has 25 heavy (non-hydrogen) atoms. The Labute approximate surface area is 145 Å². The van der Waals surface area contributed by atoms with Gasteiger partial charge in [-0.05, 0) is 34.5 Å². The fourth-order valence-electron chi connectivity index (χ4n) is 2.87. The van der Waals surface area contributed by atoms with Gasteiger partial charge in [-0.1, -0.05) is 42.5 Å². The second kappa shape index (κ2) is 6.69. The predicted molar refractivity (Wildman–Crippen MR) is 99.0 cm³/mol. The highest BCUT2D eigenvalue weighted by molar-refractivity contribution is 6.03. The van der Waals surface area contributed by atoms with Crippen LogP contribution in [0.3, 0.4) is 0 Å². The lowest BCUT2D eigenvalue weighted by molar-refractivity contribution is -0.111. The van der Waals surface area contributed by atoms with Crippen LogP contribution < -0.4 is 14.8 Å². The number of carbonyl (C=O) groups excluding carboxylic acids is 1. The topological polar surface area (TPSA) is 47.6 Å². The molecule has 4 nitrogen and oxygen atoms in total. The maximum absolute atomic E-state index is 12.2. The Kier molecular flexibility index (Phi) is 4.09. The van der Waals surface area contributed by atoms with Gasteiger partial charge in [0.2, 0.25) is 5.91 Å². The van der Waals surface area contributed by atoms with Gasteiger partial charge in [-0.25, -0.2) is 0 Å². The minimum atomic E-state index is -0.190. The van der Waals surface area contributed by atoms with Gasteiger partial charge in [0.15, 0.2) is 11.5 Å². The van der Waals surface area contributed by atoms with Gasteiger partial charge in [0, 0.05) is 17.8 Å². The molecular formula is C21H17NO3. The highest BCUT2D eigenvalue weighted by Crippen LogP contribution is 2.32. The van der Waals surface area contributed by atoms with E-state index >= 15 is 0 Å². The smallest absolute Gasteiger partial charge is 0.248 e. The fourth-order valence-corrected chi connectivity index (χ4v) is 2.87. The molecule has 0 spiro atoms. The van der Waals surface area contributed by atoms with Crippen molar-refractivity contribution in [1.82, 2.24) is 0 Å². The Hall–Kier alpha value is -3.27. The molecule has 0 saturated carbocycles. The summed E-state index contributed by atoms with van der Waals surface area (Å²) in [5.74, 6) is 1.17. The molecule has 0 radical (unpaired) electrons. The van der Waals surface area contributed by atoms with Gasteiger partial charge in [-0.15, -0.1) is 0 Å². The first-order valence-corrected chi connectivity index (χ1v) is 8.16. The Morgan fingerprint density at radius 1 is 0.920 bits per heavy atom. The number of rotatable bonds is 3. The van der Waals surface area contributed by atoms with Crippen LogP contribution in [0.2, 0.25) is 0 Å². The van der Waals surface area contributed by atoms with E-state index in [0.717, 1.165) is 16.3 Å². The van der Waals surface area contributed by atoms with Crippen molar-refractivity contribution in [3.05, 3.63) is 72.3 Å². The van der Waals surface area contributed by atoms with Crippen molar-refractivity contribution >= 4 is 28.4 Å². The molecule has 0 atom stereocenters. The second-order valence-electron chi connectivity index (χ2n) is 5.75. The Bertz CT molecular complexity index is 957. The monoisotopic (exact) mass is 331 g/mol. The van der Waals surface area contributed by atoms with Crippen LogP contribution in [0.15, 0.2) is 66.7 Å². The molecule has 0 bridgehead atoms. The molecule has 0 aromatic heterocycles. The summed E-state index contributed by atoms with van der Waals surface area (Å²) in [7, 11) is 0. The SMILES string of the molecule is O=C(/C=C/c1cccc2ccccc12)Nc1ccc2c(c1)OCCO2. The van der Waals surface area contributed by atoms with E-state index in [1.54, 1.807) is 24.3 Å². The van der Waals surface area contributed by atoms with Crippen molar-refractivity contribution < 1.29 is 14.3 Å². The standard InChI is InChI=1S/C21H17NO3/c23-21(22-17-9-10-19-20(14-17)25-13-12-24-19)11-8-16-6-3-5-15-4-1-2-7-18(15)16/h1-11,14H,12-13H2,(H,22,23)/b11-8+. The third kappa shape index (κ3) is 3.33. The van der Waals surface area contributed by atoms with E-state index in [1.807, 2.05) is 36.4 Å². The van der Waals surface area contributed by atoms with Gasteiger partial charge in [0.05, 0.1) is 0 Å². The average molecular weight is 331 g/mol. The lowest BCUT2D eigenvalue weighted by atomic mass is 10.0. The normalized spacial score (nSPS) is 13.1. The molecule has 1 aliphatic rings. The molecule has 0 aliphatic carbocycles. The minimum Gasteiger partial charge on any atom is -0.486 e. The van der Waals surface area contributed by atoms with Crippen LogP contribution in [0.5, 0.6) is 11.5 Å². The summed E-state index contributed by atoms with van der Waals surface area (Å²) in [5, 5.41) is 5.12. The molecule has 0 unspecified atom stereocenters. The predicted octanol–water partition coefficient (Wildman–Crippen LogP) is 4.26. The van der Waals surface area contributed by atoms with E-state index in [4.69, 9.17) is 9.47 Å². The molecule has 0 saturated heterocycles. The maximum Gasteiger partial charge on any atom is 0.248 e. The number of anilines is 1. The molecule has 1 aliphatic heterocycles.